The molecule has 0 aliphatic carbocycles. The van der Waals surface area contributed by atoms with Crippen molar-refractivity contribution in [2.45, 2.75) is 0 Å². The summed E-state index contributed by atoms with van der Waals surface area (Å²) in [5, 5.41) is 3.36. The Hall–Kier alpha value is -2.61. The predicted octanol–water partition coefficient (Wildman–Crippen LogP) is 4.65. The fourth-order valence-corrected chi connectivity index (χ4v) is 2.43. The molecule has 2 heterocycles. The van der Waals surface area contributed by atoms with Gasteiger partial charge >= 0.3 is 0 Å². The van der Waals surface area contributed by atoms with Gasteiger partial charge in [-0.25, -0.2) is 4.98 Å². The predicted molar refractivity (Wildman–Crippen MR) is 77.0 cm³/mol. The molecule has 0 atom stereocenters. The minimum atomic E-state index is 0.978. The van der Waals surface area contributed by atoms with E-state index in [9.17, 15) is 0 Å². The van der Waals surface area contributed by atoms with Crippen LogP contribution in [-0.4, -0.2) is 4.98 Å². The van der Waals surface area contributed by atoms with Crippen LogP contribution in [0.5, 0.6) is 0 Å². The molecule has 0 amide bonds. The minimum Gasteiger partial charge on any atom is -0.471 e. The van der Waals surface area contributed by atoms with Gasteiger partial charge in [0.15, 0.2) is 0 Å². The van der Waals surface area contributed by atoms with Crippen molar-refractivity contribution >= 4 is 21.7 Å². The number of rotatable bonds is 1. The molecule has 2 heteroatoms. The van der Waals surface area contributed by atoms with Crippen molar-refractivity contribution in [3.8, 4) is 11.3 Å². The van der Waals surface area contributed by atoms with Crippen LogP contribution in [0.2, 0.25) is 0 Å². The normalized spacial score (nSPS) is 11.2. The van der Waals surface area contributed by atoms with E-state index in [1.807, 2.05) is 30.3 Å². The van der Waals surface area contributed by atoms with Gasteiger partial charge in [0.05, 0.1) is 23.7 Å². The molecule has 19 heavy (non-hydrogen) atoms. The molecule has 0 unspecified atom stereocenters. The van der Waals surface area contributed by atoms with E-state index in [1.165, 1.54) is 0 Å². The summed E-state index contributed by atoms with van der Waals surface area (Å²) in [6, 6.07) is 18.5. The Labute approximate surface area is 110 Å². The monoisotopic (exact) mass is 245 g/mol. The first-order valence-electron chi connectivity index (χ1n) is 6.23. The highest BCUT2D eigenvalue weighted by Gasteiger charge is 2.07. The van der Waals surface area contributed by atoms with Crippen molar-refractivity contribution < 1.29 is 4.42 Å². The molecule has 90 valence electrons. The first-order chi connectivity index (χ1) is 9.42. The number of hydrogen-bond donors (Lipinski definition) is 0. The summed E-state index contributed by atoms with van der Waals surface area (Å²) in [6.45, 7) is 0. The lowest BCUT2D eigenvalue weighted by atomic mass is 10.0. The van der Waals surface area contributed by atoms with Crippen LogP contribution < -0.4 is 0 Å². The molecular weight excluding hydrogens is 234 g/mol. The summed E-state index contributed by atoms with van der Waals surface area (Å²) in [7, 11) is 0. The summed E-state index contributed by atoms with van der Waals surface area (Å²) in [5.41, 5.74) is 3.10. The van der Waals surface area contributed by atoms with Gasteiger partial charge in [-0.1, -0.05) is 42.5 Å². The lowest BCUT2D eigenvalue weighted by Gasteiger charge is -2.04. The van der Waals surface area contributed by atoms with Crippen LogP contribution in [0.15, 0.2) is 71.5 Å². The molecule has 4 aromatic rings. The summed E-state index contributed by atoms with van der Waals surface area (Å²) in [5.74, 6) is 0. The van der Waals surface area contributed by atoms with Crippen LogP contribution in [0.3, 0.4) is 0 Å². The Bertz CT molecular complexity index is 876. The van der Waals surface area contributed by atoms with Gasteiger partial charge in [-0.2, -0.15) is 0 Å². The van der Waals surface area contributed by atoms with E-state index in [1.54, 1.807) is 12.5 Å². The maximum atomic E-state index is 5.29. The van der Waals surface area contributed by atoms with Gasteiger partial charge in [0.1, 0.15) is 0 Å². The Morgan fingerprint density at radius 2 is 1.63 bits per heavy atom. The van der Waals surface area contributed by atoms with Crippen LogP contribution >= 0.6 is 0 Å². The fraction of sp³-hybridized carbons (Fsp3) is 0. The summed E-state index contributed by atoms with van der Waals surface area (Å²) in [6.07, 6.45) is 3.54. The molecule has 0 saturated heterocycles. The topological polar surface area (TPSA) is 26.0 Å². The maximum Gasteiger partial charge on any atom is 0.0988 e. The molecule has 4 rings (SSSR count). The first-order valence-corrected chi connectivity index (χ1v) is 6.23. The van der Waals surface area contributed by atoms with Gasteiger partial charge in [-0.15, -0.1) is 0 Å². The van der Waals surface area contributed by atoms with Crippen molar-refractivity contribution in [2.75, 3.05) is 0 Å². The number of furan rings is 1. The summed E-state index contributed by atoms with van der Waals surface area (Å²) in [4.78, 5) is 4.73. The maximum absolute atomic E-state index is 5.29. The number of nitrogens with zero attached hydrogens (tertiary/aromatic N) is 1. The van der Waals surface area contributed by atoms with E-state index in [0.717, 1.165) is 32.9 Å². The third-order valence-electron chi connectivity index (χ3n) is 3.40. The number of aromatic nitrogens is 1. The van der Waals surface area contributed by atoms with E-state index < -0.39 is 0 Å². The van der Waals surface area contributed by atoms with Gasteiger partial charge < -0.3 is 4.42 Å². The number of hydrogen-bond acceptors (Lipinski definition) is 2. The molecule has 0 aliphatic heterocycles. The highest BCUT2D eigenvalue weighted by atomic mass is 16.3. The van der Waals surface area contributed by atoms with E-state index in [2.05, 4.69) is 24.3 Å². The van der Waals surface area contributed by atoms with Gasteiger partial charge in [0.25, 0.3) is 0 Å². The third kappa shape index (κ3) is 1.61. The standard InChI is InChI=1S/C17H11NO/c1-2-7-16-12(4-1)8-9-17(18-16)14-6-3-5-13-10-19-11-15(13)14/h1-11H. The smallest absolute Gasteiger partial charge is 0.0988 e. The van der Waals surface area contributed by atoms with Crippen molar-refractivity contribution in [2.24, 2.45) is 0 Å². The van der Waals surface area contributed by atoms with Gasteiger partial charge in [-0.3, -0.25) is 0 Å². The lowest BCUT2D eigenvalue weighted by Crippen LogP contribution is -1.85. The fourth-order valence-electron chi connectivity index (χ4n) is 2.43. The molecule has 2 nitrogen and oxygen atoms in total. The molecule has 0 radical (unpaired) electrons. The Balaban J connectivity index is 2.01. The zero-order valence-corrected chi connectivity index (χ0v) is 10.2. The van der Waals surface area contributed by atoms with Gasteiger partial charge in [0.2, 0.25) is 0 Å². The average molecular weight is 245 g/mol. The van der Waals surface area contributed by atoms with E-state index in [-0.39, 0.29) is 0 Å². The Morgan fingerprint density at radius 3 is 2.63 bits per heavy atom. The molecule has 0 spiro atoms. The summed E-state index contributed by atoms with van der Waals surface area (Å²) < 4.78 is 5.29. The third-order valence-corrected chi connectivity index (χ3v) is 3.40. The highest BCUT2D eigenvalue weighted by Crippen LogP contribution is 2.29. The second-order valence-electron chi connectivity index (χ2n) is 4.57. The van der Waals surface area contributed by atoms with E-state index in [0.29, 0.717) is 0 Å². The Morgan fingerprint density at radius 1 is 0.737 bits per heavy atom. The van der Waals surface area contributed by atoms with Crippen LogP contribution in [0.25, 0.3) is 32.9 Å². The van der Waals surface area contributed by atoms with Gasteiger partial charge in [0, 0.05) is 21.7 Å². The largest absolute Gasteiger partial charge is 0.471 e. The second-order valence-corrected chi connectivity index (χ2v) is 4.57. The number of fused-ring (bicyclic) bond motifs is 2. The molecule has 2 aromatic carbocycles. The van der Waals surface area contributed by atoms with E-state index >= 15 is 0 Å². The lowest BCUT2D eigenvalue weighted by molar-refractivity contribution is 0.572. The number of benzene rings is 2. The molecule has 0 N–H and O–H groups in total. The average Bonchev–Trinajstić information content (AvgIpc) is 2.95. The molecule has 0 aliphatic rings. The molecule has 0 saturated carbocycles. The van der Waals surface area contributed by atoms with Crippen molar-refractivity contribution in [3.05, 3.63) is 67.1 Å². The van der Waals surface area contributed by atoms with Crippen molar-refractivity contribution in [3.63, 3.8) is 0 Å². The summed E-state index contributed by atoms with van der Waals surface area (Å²) >= 11 is 0. The van der Waals surface area contributed by atoms with Crippen molar-refractivity contribution in [1.29, 1.82) is 0 Å². The van der Waals surface area contributed by atoms with Crippen LogP contribution in [0, 0.1) is 0 Å². The van der Waals surface area contributed by atoms with Crippen molar-refractivity contribution in [1.82, 2.24) is 4.98 Å². The SMILES string of the molecule is c1ccc2nc(-c3cccc4cocc34)ccc2c1. The van der Waals surface area contributed by atoms with Crippen LogP contribution in [0.1, 0.15) is 0 Å². The highest BCUT2D eigenvalue weighted by molar-refractivity contribution is 5.96. The van der Waals surface area contributed by atoms with Crippen LogP contribution in [-0.2, 0) is 0 Å². The first kappa shape index (κ1) is 10.3. The Kier molecular flexibility index (Phi) is 2.15. The van der Waals surface area contributed by atoms with Gasteiger partial charge in [-0.05, 0) is 12.1 Å². The van der Waals surface area contributed by atoms with E-state index in [4.69, 9.17) is 9.40 Å². The minimum absolute atomic E-state index is 0.978. The zero-order chi connectivity index (χ0) is 12.7. The quantitative estimate of drug-likeness (QED) is 0.488. The number of pyridine rings is 1. The zero-order valence-electron chi connectivity index (χ0n) is 10.2. The molecule has 0 fully saturated rings. The van der Waals surface area contributed by atoms with Crippen LogP contribution in [0.4, 0.5) is 0 Å². The second kappa shape index (κ2) is 3.95. The molecule has 2 aromatic heterocycles. The molecule has 0 bridgehead atoms. The number of para-hydroxylation sites is 1. The molecular formula is C17H11NO.